The number of methoxy groups -OCH3 is 1. The predicted molar refractivity (Wildman–Crippen MR) is 78.8 cm³/mol. The van der Waals surface area contributed by atoms with Crippen molar-refractivity contribution in [3.63, 3.8) is 0 Å². The molecule has 2 amide bonds. The second-order valence-electron chi connectivity index (χ2n) is 4.68. The molecule has 2 heterocycles. The first-order chi connectivity index (χ1) is 10.5. The zero-order valence-corrected chi connectivity index (χ0v) is 12.7. The molecule has 2 aliphatic rings. The minimum absolute atomic E-state index is 0.117. The van der Waals surface area contributed by atoms with Crippen LogP contribution < -0.4 is 10.3 Å². The van der Waals surface area contributed by atoms with Crippen LogP contribution in [-0.2, 0) is 19.1 Å². The topological polar surface area (TPSA) is 88.1 Å². The lowest BCUT2D eigenvalue weighted by atomic mass is 9.99. The van der Waals surface area contributed by atoms with Crippen molar-refractivity contribution < 1.29 is 19.1 Å². The minimum Gasteiger partial charge on any atom is -0.464 e. The Morgan fingerprint density at radius 3 is 2.64 bits per heavy atom. The number of nitrogens with one attached hydrogen (secondary N) is 1. The summed E-state index contributed by atoms with van der Waals surface area (Å²) in [5.41, 5.74) is 2.67. The summed E-state index contributed by atoms with van der Waals surface area (Å²) < 4.78 is 4.57. The van der Waals surface area contributed by atoms with Gasteiger partial charge in [0.25, 0.3) is 5.91 Å². The van der Waals surface area contributed by atoms with Crippen LogP contribution in [-0.4, -0.2) is 36.6 Å². The standard InChI is InChI=1S/C13H9Cl2N3O4/c1-22-13(21)10-8-9(16-17-10)12(20)18(11(8)19)5-2-3-6(14)7(15)4-5/h2-4,8-9,16H,1H3/t8-,9+/m1/s1. The highest BCUT2D eigenvalue weighted by Gasteiger charge is 2.55. The van der Waals surface area contributed by atoms with Gasteiger partial charge in [-0.15, -0.1) is 0 Å². The highest BCUT2D eigenvalue weighted by molar-refractivity contribution is 6.47. The summed E-state index contributed by atoms with van der Waals surface area (Å²) in [6, 6.07) is 3.47. The average molecular weight is 342 g/mol. The molecule has 22 heavy (non-hydrogen) atoms. The third-order valence-corrected chi connectivity index (χ3v) is 4.22. The molecule has 0 unspecified atom stereocenters. The zero-order valence-electron chi connectivity index (χ0n) is 11.2. The van der Waals surface area contributed by atoms with E-state index in [9.17, 15) is 14.4 Å². The Kier molecular flexibility index (Phi) is 3.54. The van der Waals surface area contributed by atoms with E-state index in [1.807, 2.05) is 0 Å². The number of carbonyl (C=O) groups excluding carboxylic acids is 3. The molecule has 0 spiro atoms. The summed E-state index contributed by atoms with van der Waals surface area (Å²) in [5.74, 6) is -2.84. The molecule has 0 bridgehead atoms. The second-order valence-corrected chi connectivity index (χ2v) is 5.50. The first kappa shape index (κ1) is 14.8. The molecular weight excluding hydrogens is 333 g/mol. The maximum absolute atomic E-state index is 12.5. The Labute approximate surface area is 134 Å². The molecule has 2 atom stereocenters. The van der Waals surface area contributed by atoms with E-state index >= 15 is 0 Å². The van der Waals surface area contributed by atoms with Crippen LogP contribution >= 0.6 is 23.2 Å². The Morgan fingerprint density at radius 2 is 2.00 bits per heavy atom. The van der Waals surface area contributed by atoms with Gasteiger partial charge in [0.1, 0.15) is 12.0 Å². The molecule has 0 aliphatic carbocycles. The number of anilines is 1. The number of hydrogen-bond acceptors (Lipinski definition) is 6. The van der Waals surface area contributed by atoms with Gasteiger partial charge < -0.3 is 4.74 Å². The molecule has 1 fully saturated rings. The fourth-order valence-corrected chi connectivity index (χ4v) is 2.73. The molecule has 7 nitrogen and oxygen atoms in total. The number of ether oxygens (including phenoxy) is 1. The fourth-order valence-electron chi connectivity index (χ4n) is 2.44. The van der Waals surface area contributed by atoms with Crippen molar-refractivity contribution in [1.82, 2.24) is 5.43 Å². The maximum atomic E-state index is 12.5. The SMILES string of the molecule is COC(=O)C1=NN[C@@H]2C(=O)N(c3ccc(Cl)c(Cl)c3)C(=O)[C@@H]12. The predicted octanol–water partition coefficient (Wildman–Crippen LogP) is 0.984. The van der Waals surface area contributed by atoms with Crippen molar-refractivity contribution >= 4 is 52.4 Å². The Balaban J connectivity index is 1.98. The van der Waals surface area contributed by atoms with Gasteiger partial charge in [0.15, 0.2) is 5.71 Å². The minimum atomic E-state index is -1.01. The average Bonchev–Trinajstić information content (AvgIpc) is 3.03. The van der Waals surface area contributed by atoms with Crippen LogP contribution in [0, 0.1) is 5.92 Å². The third-order valence-electron chi connectivity index (χ3n) is 3.48. The number of carbonyl (C=O) groups is 3. The van der Waals surface area contributed by atoms with Gasteiger partial charge in [0.05, 0.1) is 22.8 Å². The van der Waals surface area contributed by atoms with Crippen LogP contribution in [0.4, 0.5) is 5.69 Å². The molecule has 0 radical (unpaired) electrons. The van der Waals surface area contributed by atoms with Gasteiger partial charge in [-0.2, -0.15) is 5.10 Å². The van der Waals surface area contributed by atoms with Crippen LogP contribution in [0.2, 0.25) is 10.0 Å². The zero-order chi connectivity index (χ0) is 16.0. The highest BCUT2D eigenvalue weighted by atomic mass is 35.5. The molecule has 1 saturated heterocycles. The summed E-state index contributed by atoms with van der Waals surface area (Å²) in [6.45, 7) is 0. The van der Waals surface area contributed by atoms with E-state index in [0.29, 0.717) is 5.02 Å². The van der Waals surface area contributed by atoms with Crippen LogP contribution in [0.15, 0.2) is 23.3 Å². The van der Waals surface area contributed by atoms with Gasteiger partial charge in [-0.25, -0.2) is 9.69 Å². The molecule has 1 aromatic carbocycles. The van der Waals surface area contributed by atoms with E-state index in [4.69, 9.17) is 23.2 Å². The lowest BCUT2D eigenvalue weighted by Crippen LogP contribution is -2.36. The largest absolute Gasteiger partial charge is 0.464 e. The number of amides is 2. The number of halogens is 2. The maximum Gasteiger partial charge on any atom is 0.355 e. The number of fused-ring (bicyclic) bond motifs is 1. The molecule has 1 N–H and O–H groups in total. The quantitative estimate of drug-likeness (QED) is 0.640. The number of benzene rings is 1. The van der Waals surface area contributed by atoms with Crippen molar-refractivity contribution in [2.24, 2.45) is 11.0 Å². The van der Waals surface area contributed by atoms with Crippen LogP contribution in [0.3, 0.4) is 0 Å². The monoisotopic (exact) mass is 341 g/mol. The molecule has 0 saturated carbocycles. The van der Waals surface area contributed by atoms with Crippen LogP contribution in [0.5, 0.6) is 0 Å². The van der Waals surface area contributed by atoms with Gasteiger partial charge in [-0.05, 0) is 18.2 Å². The molecule has 1 aromatic rings. The van der Waals surface area contributed by atoms with Crippen molar-refractivity contribution in [1.29, 1.82) is 0 Å². The van der Waals surface area contributed by atoms with Crippen molar-refractivity contribution in [3.8, 4) is 0 Å². The highest BCUT2D eigenvalue weighted by Crippen LogP contribution is 2.33. The third kappa shape index (κ3) is 2.05. The summed E-state index contributed by atoms with van der Waals surface area (Å²) in [6.07, 6.45) is 0. The molecule has 114 valence electrons. The Bertz CT molecular complexity index is 734. The van der Waals surface area contributed by atoms with Crippen molar-refractivity contribution in [2.45, 2.75) is 6.04 Å². The first-order valence-electron chi connectivity index (χ1n) is 6.20. The molecule has 9 heteroatoms. The van der Waals surface area contributed by atoms with E-state index in [1.165, 1.54) is 25.3 Å². The summed E-state index contributed by atoms with van der Waals surface area (Å²) in [7, 11) is 1.18. The number of hydrazone groups is 1. The van der Waals surface area contributed by atoms with E-state index in [0.717, 1.165) is 4.90 Å². The summed E-state index contributed by atoms with van der Waals surface area (Å²) >= 11 is 11.7. The molecule has 3 rings (SSSR count). The smallest absolute Gasteiger partial charge is 0.355 e. The van der Waals surface area contributed by atoms with Crippen LogP contribution in [0.1, 0.15) is 0 Å². The second kappa shape index (κ2) is 5.26. The summed E-state index contributed by atoms with van der Waals surface area (Å²) in [4.78, 5) is 37.5. The van der Waals surface area contributed by atoms with Gasteiger partial charge in [0, 0.05) is 0 Å². The van der Waals surface area contributed by atoms with Crippen LogP contribution in [0.25, 0.3) is 0 Å². The van der Waals surface area contributed by atoms with Crippen molar-refractivity contribution in [2.75, 3.05) is 12.0 Å². The number of esters is 1. The Morgan fingerprint density at radius 1 is 1.27 bits per heavy atom. The first-order valence-corrected chi connectivity index (χ1v) is 6.95. The molecule has 0 aromatic heterocycles. The lowest BCUT2D eigenvalue weighted by molar-refractivity contribution is -0.133. The van der Waals surface area contributed by atoms with Crippen molar-refractivity contribution in [3.05, 3.63) is 28.2 Å². The van der Waals surface area contributed by atoms with Gasteiger partial charge >= 0.3 is 5.97 Å². The van der Waals surface area contributed by atoms with E-state index < -0.39 is 29.7 Å². The molecular formula is C13H9Cl2N3O4. The van der Waals surface area contributed by atoms with E-state index in [1.54, 1.807) is 0 Å². The number of imide groups is 1. The Hall–Kier alpha value is -2.12. The van der Waals surface area contributed by atoms with Gasteiger partial charge in [-0.3, -0.25) is 15.0 Å². The fraction of sp³-hybridized carbons (Fsp3) is 0.231. The number of hydrogen-bond donors (Lipinski definition) is 1. The van der Waals surface area contributed by atoms with Gasteiger partial charge in [0.2, 0.25) is 5.91 Å². The van der Waals surface area contributed by atoms with E-state index in [2.05, 4.69) is 15.3 Å². The van der Waals surface area contributed by atoms with E-state index in [-0.39, 0.29) is 16.4 Å². The molecule has 2 aliphatic heterocycles. The number of rotatable bonds is 2. The lowest BCUT2D eigenvalue weighted by Gasteiger charge is -2.16. The van der Waals surface area contributed by atoms with Gasteiger partial charge in [-0.1, -0.05) is 23.2 Å². The summed E-state index contributed by atoms with van der Waals surface area (Å²) in [5, 5.41) is 4.25. The number of nitrogens with zero attached hydrogens (tertiary/aromatic N) is 2. The normalized spacial score (nSPS) is 23.2.